The van der Waals surface area contributed by atoms with E-state index in [-0.39, 0.29) is 12.6 Å². The van der Waals surface area contributed by atoms with Gasteiger partial charge in [-0.25, -0.2) is 0 Å². The average Bonchev–Trinajstić information content (AvgIpc) is 3.06. The van der Waals surface area contributed by atoms with Crippen LogP contribution in [0.4, 0.5) is 5.69 Å². The Morgan fingerprint density at radius 1 is 1.13 bits per heavy atom. The summed E-state index contributed by atoms with van der Waals surface area (Å²) in [6, 6.07) is 15.4. The van der Waals surface area contributed by atoms with Crippen molar-refractivity contribution in [3.8, 4) is 11.5 Å². The lowest BCUT2D eigenvalue weighted by Gasteiger charge is -2.12. The second-order valence-corrected chi connectivity index (χ2v) is 5.54. The highest BCUT2D eigenvalue weighted by Gasteiger charge is 2.15. The molecule has 3 aromatic rings. The van der Waals surface area contributed by atoms with E-state index in [1.807, 2.05) is 62.4 Å². The predicted octanol–water partition coefficient (Wildman–Crippen LogP) is 3.71. The number of aliphatic hydroxyl groups excluding tert-OH is 1. The molecule has 118 valence electrons. The molecule has 1 unspecified atom stereocenters. The lowest BCUT2D eigenvalue weighted by molar-refractivity contribution is 0.282. The van der Waals surface area contributed by atoms with E-state index in [9.17, 15) is 5.11 Å². The number of aryl methyl sites for hydroxylation is 1. The molecule has 0 bridgehead atoms. The lowest BCUT2D eigenvalue weighted by Crippen LogP contribution is -2.07. The van der Waals surface area contributed by atoms with Gasteiger partial charge in [-0.05, 0) is 43.7 Å². The molecule has 5 heteroatoms. The van der Waals surface area contributed by atoms with Crippen LogP contribution in [0.25, 0.3) is 11.5 Å². The van der Waals surface area contributed by atoms with Crippen LogP contribution >= 0.6 is 0 Å². The van der Waals surface area contributed by atoms with Gasteiger partial charge in [0.1, 0.15) is 6.04 Å². The highest BCUT2D eigenvalue weighted by Crippen LogP contribution is 2.23. The van der Waals surface area contributed by atoms with Crippen LogP contribution in [0, 0.1) is 6.92 Å². The highest BCUT2D eigenvalue weighted by molar-refractivity contribution is 5.53. The Balaban J connectivity index is 1.75. The molecule has 1 atom stereocenters. The van der Waals surface area contributed by atoms with Crippen LogP contribution < -0.4 is 5.32 Å². The van der Waals surface area contributed by atoms with E-state index in [2.05, 4.69) is 15.5 Å². The largest absolute Gasteiger partial charge is 0.418 e. The number of anilines is 1. The summed E-state index contributed by atoms with van der Waals surface area (Å²) in [5, 5.41) is 20.7. The van der Waals surface area contributed by atoms with E-state index < -0.39 is 0 Å². The van der Waals surface area contributed by atoms with Crippen LogP contribution in [0.2, 0.25) is 0 Å². The molecular weight excluding hydrogens is 290 g/mol. The second kappa shape index (κ2) is 6.62. The van der Waals surface area contributed by atoms with E-state index in [1.54, 1.807) is 0 Å². The molecule has 1 heterocycles. The first kappa shape index (κ1) is 15.2. The molecule has 2 N–H and O–H groups in total. The fourth-order valence-corrected chi connectivity index (χ4v) is 2.29. The summed E-state index contributed by atoms with van der Waals surface area (Å²) in [6.07, 6.45) is 0. The number of hydrogen-bond acceptors (Lipinski definition) is 5. The van der Waals surface area contributed by atoms with Crippen molar-refractivity contribution in [2.45, 2.75) is 26.5 Å². The van der Waals surface area contributed by atoms with Gasteiger partial charge >= 0.3 is 0 Å². The summed E-state index contributed by atoms with van der Waals surface area (Å²) in [4.78, 5) is 0. The van der Waals surface area contributed by atoms with Gasteiger partial charge in [0.05, 0.1) is 6.61 Å². The minimum Gasteiger partial charge on any atom is -0.418 e. The van der Waals surface area contributed by atoms with E-state index in [4.69, 9.17) is 4.42 Å². The van der Waals surface area contributed by atoms with Crippen molar-refractivity contribution < 1.29 is 9.52 Å². The minimum atomic E-state index is -0.129. The van der Waals surface area contributed by atoms with Gasteiger partial charge in [0.25, 0.3) is 0 Å². The van der Waals surface area contributed by atoms with Crippen molar-refractivity contribution in [2.24, 2.45) is 0 Å². The third-order valence-corrected chi connectivity index (χ3v) is 3.60. The molecule has 2 aromatic carbocycles. The zero-order valence-electron chi connectivity index (χ0n) is 13.2. The van der Waals surface area contributed by atoms with Crippen LogP contribution in [0.15, 0.2) is 52.9 Å². The fourth-order valence-electron chi connectivity index (χ4n) is 2.29. The number of aromatic nitrogens is 2. The molecule has 0 radical (unpaired) electrons. The van der Waals surface area contributed by atoms with Crippen molar-refractivity contribution in [3.05, 3.63) is 65.5 Å². The maximum atomic E-state index is 9.19. The molecule has 3 rings (SSSR count). The number of nitrogens with zero attached hydrogens (tertiary/aromatic N) is 2. The van der Waals surface area contributed by atoms with Crippen LogP contribution in [0.3, 0.4) is 0 Å². The highest BCUT2D eigenvalue weighted by atomic mass is 16.4. The maximum absolute atomic E-state index is 9.19. The Morgan fingerprint density at radius 2 is 1.91 bits per heavy atom. The summed E-state index contributed by atoms with van der Waals surface area (Å²) in [6.45, 7) is 4.01. The predicted molar refractivity (Wildman–Crippen MR) is 88.9 cm³/mol. The second-order valence-electron chi connectivity index (χ2n) is 5.54. The van der Waals surface area contributed by atoms with Gasteiger partial charge in [-0.3, -0.25) is 0 Å². The van der Waals surface area contributed by atoms with Crippen molar-refractivity contribution in [3.63, 3.8) is 0 Å². The van der Waals surface area contributed by atoms with Crippen LogP contribution in [-0.2, 0) is 6.61 Å². The first-order valence-corrected chi connectivity index (χ1v) is 7.52. The topological polar surface area (TPSA) is 71.2 Å². The monoisotopic (exact) mass is 309 g/mol. The molecule has 0 amide bonds. The molecule has 0 aliphatic carbocycles. The molecule has 0 spiro atoms. The molecule has 1 aromatic heterocycles. The number of aliphatic hydroxyl groups is 1. The molecule has 5 nitrogen and oxygen atoms in total. The average molecular weight is 309 g/mol. The molecule has 0 fully saturated rings. The summed E-state index contributed by atoms with van der Waals surface area (Å²) >= 11 is 0. The van der Waals surface area contributed by atoms with Gasteiger partial charge in [0.2, 0.25) is 11.8 Å². The van der Waals surface area contributed by atoms with E-state index in [0.29, 0.717) is 11.8 Å². The maximum Gasteiger partial charge on any atom is 0.247 e. The molecule has 0 saturated carbocycles. The third-order valence-electron chi connectivity index (χ3n) is 3.60. The normalized spacial score (nSPS) is 12.1. The van der Waals surface area contributed by atoms with E-state index in [1.165, 1.54) is 5.56 Å². The van der Waals surface area contributed by atoms with Gasteiger partial charge in [-0.1, -0.05) is 29.8 Å². The number of benzene rings is 2. The summed E-state index contributed by atoms with van der Waals surface area (Å²) in [5.74, 6) is 1.03. The Bertz CT molecular complexity index is 781. The van der Waals surface area contributed by atoms with Crippen molar-refractivity contribution in [2.75, 3.05) is 5.32 Å². The molecule has 0 aliphatic heterocycles. The Morgan fingerprint density at radius 3 is 2.65 bits per heavy atom. The third kappa shape index (κ3) is 3.57. The van der Waals surface area contributed by atoms with E-state index >= 15 is 0 Å². The fraction of sp³-hybridized carbons (Fsp3) is 0.222. The molecular formula is C18H19N3O2. The smallest absolute Gasteiger partial charge is 0.247 e. The van der Waals surface area contributed by atoms with Gasteiger partial charge in [-0.15, -0.1) is 10.2 Å². The molecule has 23 heavy (non-hydrogen) atoms. The molecule has 0 aliphatic rings. The zero-order valence-corrected chi connectivity index (χ0v) is 13.2. The van der Waals surface area contributed by atoms with Gasteiger partial charge < -0.3 is 14.8 Å². The summed E-state index contributed by atoms with van der Waals surface area (Å²) in [7, 11) is 0. The standard InChI is InChI=1S/C18H19N3O2/c1-12-6-8-15(9-7-12)18-21-20-17(23-18)13(2)19-16-5-3-4-14(10-16)11-22/h3-10,13,19,22H,11H2,1-2H3. The van der Waals surface area contributed by atoms with Crippen LogP contribution in [0.1, 0.15) is 30.0 Å². The van der Waals surface area contributed by atoms with Crippen LogP contribution in [0.5, 0.6) is 0 Å². The van der Waals surface area contributed by atoms with Crippen molar-refractivity contribution in [1.82, 2.24) is 10.2 Å². The van der Waals surface area contributed by atoms with Crippen molar-refractivity contribution >= 4 is 5.69 Å². The quantitative estimate of drug-likeness (QED) is 0.752. The minimum absolute atomic E-state index is 0.0159. The van der Waals surface area contributed by atoms with Crippen molar-refractivity contribution in [1.29, 1.82) is 0 Å². The summed E-state index contributed by atoms with van der Waals surface area (Å²) < 4.78 is 5.77. The Kier molecular flexibility index (Phi) is 4.39. The first-order valence-electron chi connectivity index (χ1n) is 7.52. The van der Waals surface area contributed by atoms with Gasteiger partial charge in [-0.2, -0.15) is 0 Å². The Labute approximate surface area is 135 Å². The van der Waals surface area contributed by atoms with Crippen LogP contribution in [-0.4, -0.2) is 15.3 Å². The number of nitrogens with one attached hydrogen (secondary N) is 1. The molecule has 0 saturated heterocycles. The SMILES string of the molecule is Cc1ccc(-c2nnc(C(C)Nc3cccc(CO)c3)o2)cc1. The van der Waals surface area contributed by atoms with Gasteiger partial charge in [0, 0.05) is 11.3 Å². The number of hydrogen-bond donors (Lipinski definition) is 2. The van der Waals surface area contributed by atoms with Gasteiger partial charge in [0.15, 0.2) is 0 Å². The lowest BCUT2D eigenvalue weighted by atomic mass is 10.1. The van der Waals surface area contributed by atoms with E-state index in [0.717, 1.165) is 16.8 Å². The Hall–Kier alpha value is -2.66. The zero-order chi connectivity index (χ0) is 16.2. The summed E-state index contributed by atoms with van der Waals surface area (Å²) in [5.41, 5.74) is 3.85. The number of rotatable bonds is 5. The first-order chi connectivity index (χ1) is 11.2.